The van der Waals surface area contributed by atoms with E-state index in [1.165, 1.54) is 16.8 Å². The second kappa shape index (κ2) is 7.34. The smallest absolute Gasteiger partial charge is 0.119 e. The first-order chi connectivity index (χ1) is 9.86. The molecule has 1 aliphatic heterocycles. The van der Waals surface area contributed by atoms with Crippen molar-refractivity contribution < 1.29 is 4.74 Å². The Morgan fingerprint density at radius 3 is 2.33 bits per heavy atom. The van der Waals surface area contributed by atoms with Gasteiger partial charge in [0.1, 0.15) is 5.75 Å². The Bertz CT molecular complexity index is 583. The molecule has 0 spiro atoms. The largest absolute Gasteiger partial charge is 0.497 e. The van der Waals surface area contributed by atoms with E-state index in [0.717, 1.165) is 31.9 Å². The highest BCUT2D eigenvalue weighted by Gasteiger charge is 2.11. The minimum absolute atomic E-state index is 0. The van der Waals surface area contributed by atoms with E-state index in [2.05, 4.69) is 46.6 Å². The van der Waals surface area contributed by atoms with Gasteiger partial charge in [0.25, 0.3) is 0 Å². The quantitative estimate of drug-likeness (QED) is 0.942. The normalized spacial score (nSPS) is 14.4. The van der Waals surface area contributed by atoms with Crippen molar-refractivity contribution in [2.24, 2.45) is 0 Å². The van der Waals surface area contributed by atoms with Gasteiger partial charge < -0.3 is 15.0 Å². The lowest BCUT2D eigenvalue weighted by molar-refractivity contribution is 0.415. The predicted molar refractivity (Wildman–Crippen MR) is 90.8 cm³/mol. The van der Waals surface area contributed by atoms with Gasteiger partial charge in [0.15, 0.2) is 0 Å². The molecule has 1 saturated heterocycles. The van der Waals surface area contributed by atoms with E-state index in [0.29, 0.717) is 0 Å². The molecule has 0 bridgehead atoms. The van der Waals surface area contributed by atoms with Crippen LogP contribution >= 0.6 is 12.4 Å². The molecular formula is C17H21ClN2O. The summed E-state index contributed by atoms with van der Waals surface area (Å²) in [6.45, 7) is 4.26. The number of halogens is 1. The van der Waals surface area contributed by atoms with Gasteiger partial charge in [0, 0.05) is 31.9 Å². The van der Waals surface area contributed by atoms with Gasteiger partial charge in [-0.05, 0) is 35.4 Å². The number of ether oxygens (including phenoxy) is 1. The lowest BCUT2D eigenvalue weighted by Crippen LogP contribution is -2.43. The number of hydrogen-bond donors (Lipinski definition) is 1. The van der Waals surface area contributed by atoms with Gasteiger partial charge in [-0.3, -0.25) is 0 Å². The highest BCUT2D eigenvalue weighted by Crippen LogP contribution is 2.27. The van der Waals surface area contributed by atoms with Gasteiger partial charge in [0.05, 0.1) is 7.11 Å². The molecular weight excluding hydrogens is 284 g/mol. The van der Waals surface area contributed by atoms with E-state index < -0.39 is 0 Å². The van der Waals surface area contributed by atoms with Gasteiger partial charge in [0.2, 0.25) is 0 Å². The minimum Gasteiger partial charge on any atom is -0.497 e. The van der Waals surface area contributed by atoms with Crippen molar-refractivity contribution in [1.82, 2.24) is 5.32 Å². The molecule has 0 atom stereocenters. The summed E-state index contributed by atoms with van der Waals surface area (Å²) in [5.74, 6) is 0.898. The summed E-state index contributed by atoms with van der Waals surface area (Å²) in [6, 6.07) is 17.0. The molecule has 2 aromatic carbocycles. The summed E-state index contributed by atoms with van der Waals surface area (Å²) in [5.41, 5.74) is 3.73. The highest BCUT2D eigenvalue weighted by molar-refractivity contribution is 5.85. The Kier molecular flexibility index (Phi) is 5.48. The van der Waals surface area contributed by atoms with Gasteiger partial charge >= 0.3 is 0 Å². The maximum absolute atomic E-state index is 5.30. The average molecular weight is 305 g/mol. The minimum atomic E-state index is 0. The molecule has 3 rings (SSSR count). The molecule has 0 unspecified atom stereocenters. The molecule has 1 aliphatic rings. The number of benzene rings is 2. The van der Waals surface area contributed by atoms with E-state index in [-0.39, 0.29) is 12.4 Å². The van der Waals surface area contributed by atoms with Crippen LogP contribution in [0.3, 0.4) is 0 Å². The molecule has 2 aromatic rings. The molecule has 21 heavy (non-hydrogen) atoms. The average Bonchev–Trinajstić information content (AvgIpc) is 2.56. The van der Waals surface area contributed by atoms with Crippen molar-refractivity contribution in [2.75, 3.05) is 38.2 Å². The zero-order chi connectivity index (χ0) is 13.8. The number of piperazine rings is 1. The Morgan fingerprint density at radius 1 is 0.952 bits per heavy atom. The summed E-state index contributed by atoms with van der Waals surface area (Å²) < 4.78 is 5.30. The SMILES string of the molecule is COc1cccc(-c2cccc(N3CCNCC3)c2)c1.Cl. The van der Waals surface area contributed by atoms with Gasteiger partial charge in [-0.2, -0.15) is 0 Å². The molecule has 0 amide bonds. The zero-order valence-corrected chi connectivity index (χ0v) is 13.0. The molecule has 1 N–H and O–H groups in total. The number of nitrogens with one attached hydrogen (secondary N) is 1. The fourth-order valence-electron chi connectivity index (χ4n) is 2.61. The van der Waals surface area contributed by atoms with Gasteiger partial charge in [-0.1, -0.05) is 24.3 Å². The van der Waals surface area contributed by atoms with Crippen LogP contribution in [0.2, 0.25) is 0 Å². The molecule has 0 radical (unpaired) electrons. The van der Waals surface area contributed by atoms with E-state index in [1.807, 2.05) is 12.1 Å². The second-order valence-electron chi connectivity index (χ2n) is 5.02. The maximum atomic E-state index is 5.30. The summed E-state index contributed by atoms with van der Waals surface area (Å²) in [7, 11) is 1.70. The fraction of sp³-hybridized carbons (Fsp3) is 0.294. The fourth-order valence-corrected chi connectivity index (χ4v) is 2.61. The summed E-state index contributed by atoms with van der Waals surface area (Å²) >= 11 is 0. The standard InChI is InChI=1S/C17H20N2O.ClH/c1-20-17-7-3-5-15(13-17)14-4-2-6-16(12-14)19-10-8-18-9-11-19;/h2-7,12-13,18H,8-11H2,1H3;1H. The topological polar surface area (TPSA) is 24.5 Å². The van der Waals surface area contributed by atoms with Crippen molar-refractivity contribution in [1.29, 1.82) is 0 Å². The number of nitrogens with zero attached hydrogens (tertiary/aromatic N) is 1. The van der Waals surface area contributed by atoms with Crippen LogP contribution in [0.25, 0.3) is 11.1 Å². The number of hydrogen-bond acceptors (Lipinski definition) is 3. The Balaban J connectivity index is 0.00000161. The van der Waals surface area contributed by atoms with E-state index >= 15 is 0 Å². The zero-order valence-electron chi connectivity index (χ0n) is 12.2. The van der Waals surface area contributed by atoms with Crippen LogP contribution in [0, 0.1) is 0 Å². The van der Waals surface area contributed by atoms with Gasteiger partial charge in [-0.25, -0.2) is 0 Å². The van der Waals surface area contributed by atoms with E-state index in [9.17, 15) is 0 Å². The van der Waals surface area contributed by atoms with Gasteiger partial charge in [-0.15, -0.1) is 12.4 Å². The summed E-state index contributed by atoms with van der Waals surface area (Å²) in [5, 5.41) is 3.39. The Hall–Kier alpha value is -1.71. The predicted octanol–water partition coefficient (Wildman–Crippen LogP) is 3.19. The van der Waals surface area contributed by atoms with Crippen LogP contribution in [0.5, 0.6) is 5.75 Å². The molecule has 1 heterocycles. The lowest BCUT2D eigenvalue weighted by atomic mass is 10.0. The monoisotopic (exact) mass is 304 g/mol. The van der Waals surface area contributed by atoms with Crippen LogP contribution in [-0.4, -0.2) is 33.3 Å². The Morgan fingerprint density at radius 2 is 1.62 bits per heavy atom. The molecule has 0 aromatic heterocycles. The van der Waals surface area contributed by atoms with Crippen molar-refractivity contribution in [3.05, 3.63) is 48.5 Å². The highest BCUT2D eigenvalue weighted by atomic mass is 35.5. The number of rotatable bonds is 3. The third kappa shape index (κ3) is 3.69. The van der Waals surface area contributed by atoms with Crippen LogP contribution < -0.4 is 15.0 Å². The van der Waals surface area contributed by atoms with Crippen LogP contribution in [-0.2, 0) is 0 Å². The maximum Gasteiger partial charge on any atom is 0.119 e. The first-order valence-electron chi connectivity index (χ1n) is 7.07. The van der Waals surface area contributed by atoms with E-state index in [4.69, 9.17) is 4.74 Å². The second-order valence-corrected chi connectivity index (χ2v) is 5.02. The van der Waals surface area contributed by atoms with E-state index in [1.54, 1.807) is 7.11 Å². The molecule has 4 heteroatoms. The summed E-state index contributed by atoms with van der Waals surface area (Å²) in [6.07, 6.45) is 0. The molecule has 112 valence electrons. The first-order valence-corrected chi connectivity index (χ1v) is 7.07. The van der Waals surface area contributed by atoms with Crippen molar-refractivity contribution >= 4 is 18.1 Å². The third-order valence-corrected chi connectivity index (χ3v) is 3.73. The molecule has 0 saturated carbocycles. The number of methoxy groups -OCH3 is 1. The molecule has 0 aliphatic carbocycles. The van der Waals surface area contributed by atoms with Crippen LogP contribution in [0.15, 0.2) is 48.5 Å². The van der Waals surface area contributed by atoms with Crippen LogP contribution in [0.1, 0.15) is 0 Å². The van der Waals surface area contributed by atoms with Crippen molar-refractivity contribution in [2.45, 2.75) is 0 Å². The van der Waals surface area contributed by atoms with Crippen molar-refractivity contribution in [3.8, 4) is 16.9 Å². The first kappa shape index (κ1) is 15.7. The number of anilines is 1. The molecule has 3 nitrogen and oxygen atoms in total. The van der Waals surface area contributed by atoms with Crippen molar-refractivity contribution in [3.63, 3.8) is 0 Å². The van der Waals surface area contributed by atoms with Crippen LogP contribution in [0.4, 0.5) is 5.69 Å². The third-order valence-electron chi connectivity index (χ3n) is 3.73. The summed E-state index contributed by atoms with van der Waals surface area (Å²) in [4.78, 5) is 2.43. The molecule has 1 fully saturated rings. The lowest BCUT2D eigenvalue weighted by Gasteiger charge is -2.29. The Labute approximate surface area is 132 Å².